The topological polar surface area (TPSA) is 93.8 Å². The van der Waals surface area contributed by atoms with Crippen molar-refractivity contribution < 1.29 is 23.8 Å². The maximum Gasteiger partial charge on any atom is 0.256 e. The van der Waals surface area contributed by atoms with E-state index in [1.807, 2.05) is 25.1 Å². The molecule has 1 aliphatic heterocycles. The second kappa shape index (κ2) is 7.54. The molecule has 7 nitrogen and oxygen atoms in total. The second-order valence-corrected chi connectivity index (χ2v) is 7.98. The van der Waals surface area contributed by atoms with Crippen molar-refractivity contribution in [3.63, 3.8) is 0 Å². The predicted octanol–water partition coefficient (Wildman–Crippen LogP) is 2.97. The third-order valence-corrected chi connectivity index (χ3v) is 5.91. The van der Waals surface area contributed by atoms with Gasteiger partial charge in [0, 0.05) is 12.0 Å². The molecule has 1 amide bonds. The number of hydrogen-bond donors (Lipinski definition) is 2. The average Bonchev–Trinajstić information content (AvgIpc) is 3.19. The largest absolute Gasteiger partial charge is 0.488 e. The molecule has 2 aromatic heterocycles. The minimum Gasteiger partial charge on any atom is -0.488 e. The van der Waals surface area contributed by atoms with Gasteiger partial charge in [0.15, 0.2) is 0 Å². The Morgan fingerprint density at radius 2 is 2.21 bits per heavy atom. The van der Waals surface area contributed by atoms with E-state index in [1.165, 1.54) is 0 Å². The lowest BCUT2D eigenvalue weighted by Crippen LogP contribution is -2.62. The number of nitrogens with one attached hydrogen (secondary N) is 1. The molecule has 0 spiro atoms. The van der Waals surface area contributed by atoms with Crippen molar-refractivity contribution in [2.24, 2.45) is 0 Å². The number of ether oxygens (including phenoxy) is 2. The summed E-state index contributed by atoms with van der Waals surface area (Å²) >= 11 is 1.55. The van der Waals surface area contributed by atoms with Gasteiger partial charge < -0.3 is 24.3 Å². The number of amides is 1. The Morgan fingerprint density at radius 3 is 2.86 bits per heavy atom. The van der Waals surface area contributed by atoms with Crippen LogP contribution in [0.2, 0.25) is 0 Å². The van der Waals surface area contributed by atoms with Gasteiger partial charge in [-0.2, -0.15) is 0 Å². The third-order valence-electron chi connectivity index (χ3n) is 5.00. The average molecular weight is 402 g/mol. The number of aliphatic hydroxyl groups is 1. The number of fused-ring (bicyclic) bond motifs is 1. The maximum atomic E-state index is 13.0. The first-order chi connectivity index (χ1) is 13.5. The van der Waals surface area contributed by atoms with Gasteiger partial charge in [-0.1, -0.05) is 0 Å². The SMILES string of the molecule is Cc1ncsc1COc1ccc2oc(C)c(C(=O)NC3(CCO)COC3)c2c1. The van der Waals surface area contributed by atoms with Crippen LogP contribution < -0.4 is 10.1 Å². The summed E-state index contributed by atoms with van der Waals surface area (Å²) in [4.78, 5) is 18.3. The molecular weight excluding hydrogens is 380 g/mol. The Morgan fingerprint density at radius 1 is 1.39 bits per heavy atom. The molecule has 4 rings (SSSR count). The van der Waals surface area contributed by atoms with Crippen LogP contribution in [0.3, 0.4) is 0 Å². The minimum atomic E-state index is -0.514. The van der Waals surface area contributed by atoms with Crippen molar-refractivity contribution in [1.82, 2.24) is 10.3 Å². The van der Waals surface area contributed by atoms with Gasteiger partial charge in [0.2, 0.25) is 0 Å². The highest BCUT2D eigenvalue weighted by molar-refractivity contribution is 7.09. The van der Waals surface area contributed by atoms with E-state index in [-0.39, 0.29) is 12.5 Å². The number of thiazole rings is 1. The van der Waals surface area contributed by atoms with Crippen molar-refractivity contribution >= 4 is 28.2 Å². The molecule has 0 radical (unpaired) electrons. The quantitative estimate of drug-likeness (QED) is 0.631. The highest BCUT2D eigenvalue weighted by Crippen LogP contribution is 2.31. The number of furan rings is 1. The van der Waals surface area contributed by atoms with Crippen LogP contribution in [0.5, 0.6) is 5.75 Å². The normalized spacial score (nSPS) is 15.4. The van der Waals surface area contributed by atoms with Gasteiger partial charge >= 0.3 is 0 Å². The van der Waals surface area contributed by atoms with E-state index in [0.29, 0.717) is 54.3 Å². The summed E-state index contributed by atoms with van der Waals surface area (Å²) in [7, 11) is 0. The Kier molecular flexibility index (Phi) is 5.09. The first-order valence-corrected chi connectivity index (χ1v) is 9.95. The highest BCUT2D eigenvalue weighted by Gasteiger charge is 2.40. The van der Waals surface area contributed by atoms with Crippen LogP contribution in [-0.2, 0) is 11.3 Å². The molecule has 0 aliphatic carbocycles. The number of aliphatic hydroxyl groups excluding tert-OH is 1. The minimum absolute atomic E-state index is 0.0102. The van der Waals surface area contributed by atoms with E-state index in [2.05, 4.69) is 10.3 Å². The zero-order valence-electron chi connectivity index (χ0n) is 15.8. The van der Waals surface area contributed by atoms with Crippen molar-refractivity contribution in [1.29, 1.82) is 0 Å². The molecule has 3 heterocycles. The molecule has 1 fully saturated rings. The van der Waals surface area contributed by atoms with E-state index < -0.39 is 5.54 Å². The summed E-state index contributed by atoms with van der Waals surface area (Å²) < 4.78 is 16.9. The molecule has 0 atom stereocenters. The third kappa shape index (κ3) is 3.50. The molecule has 2 N–H and O–H groups in total. The number of aryl methyl sites for hydroxylation is 2. The molecule has 0 unspecified atom stereocenters. The van der Waals surface area contributed by atoms with E-state index >= 15 is 0 Å². The van der Waals surface area contributed by atoms with Crippen LogP contribution in [0, 0.1) is 13.8 Å². The van der Waals surface area contributed by atoms with Gasteiger partial charge in [-0.3, -0.25) is 4.79 Å². The molecule has 3 aromatic rings. The van der Waals surface area contributed by atoms with Gasteiger partial charge in [0.1, 0.15) is 23.7 Å². The first kappa shape index (κ1) is 18.9. The number of nitrogens with zero attached hydrogens (tertiary/aromatic N) is 1. The molecule has 0 saturated carbocycles. The second-order valence-electron chi connectivity index (χ2n) is 7.04. The summed E-state index contributed by atoms with van der Waals surface area (Å²) in [5, 5.41) is 13.0. The molecule has 1 aromatic carbocycles. The van der Waals surface area contributed by atoms with E-state index in [9.17, 15) is 9.90 Å². The lowest BCUT2D eigenvalue weighted by Gasteiger charge is -2.41. The van der Waals surface area contributed by atoms with Crippen LogP contribution >= 0.6 is 11.3 Å². The highest BCUT2D eigenvalue weighted by atomic mass is 32.1. The summed E-state index contributed by atoms with van der Waals surface area (Å²) in [5.41, 5.74) is 3.36. The van der Waals surface area contributed by atoms with Crippen LogP contribution in [0.25, 0.3) is 11.0 Å². The summed E-state index contributed by atoms with van der Waals surface area (Å²) in [6, 6.07) is 5.47. The zero-order valence-corrected chi connectivity index (χ0v) is 16.6. The molecule has 8 heteroatoms. The molecule has 28 heavy (non-hydrogen) atoms. The fraction of sp³-hybridized carbons (Fsp3) is 0.400. The van der Waals surface area contributed by atoms with Gasteiger partial charge in [-0.15, -0.1) is 11.3 Å². The number of rotatable bonds is 7. The zero-order chi connectivity index (χ0) is 19.7. The van der Waals surface area contributed by atoms with Crippen molar-refractivity contribution in [2.75, 3.05) is 19.8 Å². The monoisotopic (exact) mass is 402 g/mol. The number of carbonyl (C=O) groups is 1. The lowest BCUT2D eigenvalue weighted by molar-refractivity contribution is -0.0785. The number of benzene rings is 1. The lowest BCUT2D eigenvalue weighted by atomic mass is 9.92. The van der Waals surface area contributed by atoms with Crippen LogP contribution in [0.15, 0.2) is 28.1 Å². The molecular formula is C20H22N2O5S. The Bertz CT molecular complexity index is 1010. The van der Waals surface area contributed by atoms with Crippen LogP contribution in [-0.4, -0.2) is 41.4 Å². The van der Waals surface area contributed by atoms with E-state index in [4.69, 9.17) is 13.9 Å². The van der Waals surface area contributed by atoms with E-state index in [1.54, 1.807) is 23.8 Å². The smallest absolute Gasteiger partial charge is 0.256 e. The maximum absolute atomic E-state index is 13.0. The van der Waals surface area contributed by atoms with Gasteiger partial charge in [0.25, 0.3) is 5.91 Å². The molecule has 148 valence electrons. The van der Waals surface area contributed by atoms with Gasteiger partial charge in [-0.05, 0) is 38.5 Å². The molecule has 1 aliphatic rings. The Hall–Kier alpha value is -2.42. The standard InChI is InChI=1S/C20H22N2O5S/c1-12-17(28-11-21-12)8-26-14-3-4-16-15(7-14)18(13(2)27-16)19(24)22-20(5-6-23)9-25-10-20/h3-4,7,11,23H,5-6,8-10H2,1-2H3,(H,22,24). The van der Waals surface area contributed by atoms with Crippen LogP contribution in [0.4, 0.5) is 0 Å². The van der Waals surface area contributed by atoms with E-state index in [0.717, 1.165) is 10.6 Å². The van der Waals surface area contributed by atoms with Crippen LogP contribution in [0.1, 0.15) is 33.1 Å². The van der Waals surface area contributed by atoms with Crippen molar-refractivity contribution in [3.8, 4) is 5.75 Å². The Balaban J connectivity index is 1.58. The van der Waals surface area contributed by atoms with Gasteiger partial charge in [0.05, 0.1) is 40.4 Å². The number of hydrogen-bond acceptors (Lipinski definition) is 7. The summed E-state index contributed by atoms with van der Waals surface area (Å²) in [5.74, 6) is 0.970. The molecule has 0 bridgehead atoms. The fourth-order valence-corrected chi connectivity index (χ4v) is 4.02. The van der Waals surface area contributed by atoms with Gasteiger partial charge in [-0.25, -0.2) is 4.98 Å². The van der Waals surface area contributed by atoms with Crippen molar-refractivity contribution in [3.05, 3.63) is 45.6 Å². The number of aromatic nitrogens is 1. The first-order valence-electron chi connectivity index (χ1n) is 9.07. The fourth-order valence-electron chi connectivity index (χ4n) is 3.33. The summed E-state index contributed by atoms with van der Waals surface area (Å²) in [6.07, 6.45) is 0.454. The number of carbonyl (C=O) groups excluding carboxylic acids is 1. The summed E-state index contributed by atoms with van der Waals surface area (Å²) in [6.45, 7) is 4.94. The Labute approximate surface area is 166 Å². The van der Waals surface area contributed by atoms with Crippen molar-refractivity contribution in [2.45, 2.75) is 32.4 Å². The molecule has 1 saturated heterocycles. The predicted molar refractivity (Wildman–Crippen MR) is 105 cm³/mol.